The lowest BCUT2D eigenvalue weighted by atomic mass is 10.2. The standard InChI is InChI=1S/C21H14ClN3O4S/c22-15-6-3-7-17(11-15)24-20(26)19(30-21(24)27)12-16-8-4-10-23(16)13-14-5-1-2-9-18(14)25(28)29/h1-12H,13H2/b19-12-. The van der Waals surface area contributed by atoms with Gasteiger partial charge in [-0.05, 0) is 48.2 Å². The number of hydrogen-bond donors (Lipinski definition) is 0. The first kappa shape index (κ1) is 19.9. The van der Waals surface area contributed by atoms with Crippen molar-refractivity contribution in [3.63, 3.8) is 0 Å². The Morgan fingerprint density at radius 3 is 2.63 bits per heavy atom. The fraction of sp³-hybridized carbons (Fsp3) is 0.0476. The van der Waals surface area contributed by atoms with Gasteiger partial charge in [0.1, 0.15) is 0 Å². The Bertz CT molecular complexity index is 1200. The van der Waals surface area contributed by atoms with E-state index >= 15 is 0 Å². The number of anilines is 1. The molecule has 30 heavy (non-hydrogen) atoms. The number of aromatic nitrogens is 1. The molecule has 0 radical (unpaired) electrons. The highest BCUT2D eigenvalue weighted by molar-refractivity contribution is 8.19. The van der Waals surface area contributed by atoms with Gasteiger partial charge in [0, 0.05) is 28.5 Å². The van der Waals surface area contributed by atoms with Crippen molar-refractivity contribution < 1.29 is 14.5 Å². The van der Waals surface area contributed by atoms with Gasteiger partial charge in [0.25, 0.3) is 16.8 Å². The topological polar surface area (TPSA) is 85.5 Å². The van der Waals surface area contributed by atoms with Gasteiger partial charge < -0.3 is 4.57 Å². The first-order chi connectivity index (χ1) is 14.4. The monoisotopic (exact) mass is 439 g/mol. The molecule has 2 amide bonds. The van der Waals surface area contributed by atoms with Gasteiger partial charge in [0.2, 0.25) is 0 Å². The third-order valence-corrected chi connectivity index (χ3v) is 5.64. The fourth-order valence-corrected chi connectivity index (χ4v) is 4.16. The second-order valence-electron chi connectivity index (χ2n) is 6.44. The van der Waals surface area contributed by atoms with E-state index in [9.17, 15) is 19.7 Å². The lowest BCUT2D eigenvalue weighted by Crippen LogP contribution is -2.27. The zero-order chi connectivity index (χ0) is 21.3. The van der Waals surface area contributed by atoms with Crippen LogP contribution in [-0.4, -0.2) is 20.6 Å². The minimum atomic E-state index is -0.439. The molecule has 0 saturated carbocycles. The van der Waals surface area contributed by atoms with Crippen LogP contribution in [0.4, 0.5) is 16.2 Å². The zero-order valence-corrected chi connectivity index (χ0v) is 17.0. The van der Waals surface area contributed by atoms with E-state index in [0.717, 1.165) is 16.7 Å². The van der Waals surface area contributed by atoms with E-state index in [-0.39, 0.29) is 17.1 Å². The number of benzene rings is 2. The molecule has 0 N–H and O–H groups in total. The molecule has 1 aliphatic rings. The van der Waals surface area contributed by atoms with Crippen molar-refractivity contribution in [1.29, 1.82) is 0 Å². The van der Waals surface area contributed by atoms with Gasteiger partial charge in [-0.15, -0.1) is 0 Å². The van der Waals surface area contributed by atoms with Crippen molar-refractivity contribution >= 4 is 52.0 Å². The predicted octanol–water partition coefficient (Wildman–Crippen LogP) is 5.34. The van der Waals surface area contributed by atoms with Crippen molar-refractivity contribution in [2.24, 2.45) is 0 Å². The quantitative estimate of drug-likeness (QED) is 0.304. The summed E-state index contributed by atoms with van der Waals surface area (Å²) in [4.78, 5) is 37.5. The summed E-state index contributed by atoms with van der Waals surface area (Å²) < 4.78 is 1.79. The maximum atomic E-state index is 12.8. The Morgan fingerprint density at radius 1 is 1.07 bits per heavy atom. The van der Waals surface area contributed by atoms with E-state index in [4.69, 9.17) is 11.6 Å². The smallest absolute Gasteiger partial charge is 0.298 e. The number of hydrogen-bond acceptors (Lipinski definition) is 5. The van der Waals surface area contributed by atoms with E-state index in [1.54, 1.807) is 71.4 Å². The molecule has 0 aliphatic carbocycles. The van der Waals surface area contributed by atoms with Crippen LogP contribution in [0.3, 0.4) is 0 Å². The predicted molar refractivity (Wildman–Crippen MR) is 117 cm³/mol. The van der Waals surface area contributed by atoms with Gasteiger partial charge in [-0.25, -0.2) is 4.90 Å². The molecule has 9 heteroatoms. The Labute approximate surface area is 180 Å². The van der Waals surface area contributed by atoms with Crippen LogP contribution >= 0.6 is 23.4 Å². The molecule has 0 spiro atoms. The van der Waals surface area contributed by atoms with Gasteiger partial charge in [-0.2, -0.15) is 0 Å². The summed E-state index contributed by atoms with van der Waals surface area (Å²) >= 11 is 6.82. The lowest BCUT2D eigenvalue weighted by molar-refractivity contribution is -0.385. The molecule has 0 unspecified atom stereocenters. The molecule has 150 valence electrons. The van der Waals surface area contributed by atoms with E-state index in [1.165, 1.54) is 6.07 Å². The number of thioether (sulfide) groups is 1. The molecular formula is C21H14ClN3O4S. The average Bonchev–Trinajstić information content (AvgIpc) is 3.26. The first-order valence-electron chi connectivity index (χ1n) is 8.85. The summed E-state index contributed by atoms with van der Waals surface area (Å²) in [7, 11) is 0. The van der Waals surface area contributed by atoms with Gasteiger partial charge in [-0.3, -0.25) is 19.7 Å². The fourth-order valence-electron chi connectivity index (χ4n) is 3.15. The SMILES string of the molecule is O=C1S/C(=C\c2cccn2Cc2ccccc2[N+](=O)[O-])C(=O)N1c1cccc(Cl)c1. The summed E-state index contributed by atoms with van der Waals surface area (Å²) in [5.74, 6) is -0.439. The molecule has 1 fully saturated rings. The molecule has 1 saturated heterocycles. The minimum Gasteiger partial charge on any atom is -0.343 e. The molecule has 7 nitrogen and oxygen atoms in total. The van der Waals surface area contributed by atoms with Gasteiger partial charge in [-0.1, -0.05) is 35.9 Å². The largest absolute Gasteiger partial charge is 0.343 e. The molecule has 1 aliphatic heterocycles. The molecule has 3 aromatic rings. The summed E-state index contributed by atoms with van der Waals surface area (Å²) in [6, 6.07) is 16.6. The van der Waals surface area contributed by atoms with E-state index in [2.05, 4.69) is 0 Å². The van der Waals surface area contributed by atoms with Gasteiger partial charge in [0.15, 0.2) is 0 Å². The average molecular weight is 440 g/mol. The number of nitrogens with zero attached hydrogens (tertiary/aromatic N) is 3. The van der Waals surface area contributed by atoms with Crippen LogP contribution in [-0.2, 0) is 11.3 Å². The maximum Gasteiger partial charge on any atom is 0.298 e. The van der Waals surface area contributed by atoms with Crippen LogP contribution in [0.2, 0.25) is 5.02 Å². The second kappa shape index (κ2) is 8.17. The molecular weight excluding hydrogens is 426 g/mol. The third-order valence-electron chi connectivity index (χ3n) is 4.53. The first-order valence-corrected chi connectivity index (χ1v) is 10.0. The zero-order valence-electron chi connectivity index (χ0n) is 15.4. The number of imide groups is 1. The lowest BCUT2D eigenvalue weighted by Gasteiger charge is -2.12. The van der Waals surface area contributed by atoms with Gasteiger partial charge >= 0.3 is 0 Å². The number of amides is 2. The summed E-state index contributed by atoms with van der Waals surface area (Å²) in [5.41, 5.74) is 1.63. The summed E-state index contributed by atoms with van der Waals surface area (Å²) in [6.07, 6.45) is 3.38. The van der Waals surface area contributed by atoms with Crippen molar-refractivity contribution in [2.45, 2.75) is 6.54 Å². The van der Waals surface area contributed by atoms with Crippen LogP contribution < -0.4 is 4.90 Å². The number of carbonyl (C=O) groups excluding carboxylic acids is 2. The van der Waals surface area contributed by atoms with Crippen molar-refractivity contribution in [3.05, 3.63) is 98.2 Å². The van der Waals surface area contributed by atoms with Crippen LogP contribution in [0.1, 0.15) is 11.3 Å². The number of nitro groups is 1. The Balaban J connectivity index is 1.63. The number of nitro benzene ring substituents is 1. The van der Waals surface area contributed by atoms with Crippen molar-refractivity contribution in [3.8, 4) is 0 Å². The van der Waals surface area contributed by atoms with Gasteiger partial charge in [0.05, 0.1) is 22.1 Å². The summed E-state index contributed by atoms with van der Waals surface area (Å²) in [5, 5.41) is 11.3. The highest BCUT2D eigenvalue weighted by Crippen LogP contribution is 2.36. The highest BCUT2D eigenvalue weighted by Gasteiger charge is 2.36. The normalized spacial score (nSPS) is 15.2. The molecule has 2 aromatic carbocycles. The molecule has 4 rings (SSSR count). The Kier molecular flexibility index (Phi) is 5.43. The number of rotatable bonds is 5. The second-order valence-corrected chi connectivity index (χ2v) is 7.87. The number of halogens is 1. The Morgan fingerprint density at radius 2 is 1.87 bits per heavy atom. The van der Waals surface area contributed by atoms with Crippen LogP contribution in [0.25, 0.3) is 6.08 Å². The van der Waals surface area contributed by atoms with E-state index in [1.807, 2.05) is 0 Å². The maximum absolute atomic E-state index is 12.8. The molecule has 2 heterocycles. The van der Waals surface area contributed by atoms with E-state index in [0.29, 0.717) is 22.0 Å². The highest BCUT2D eigenvalue weighted by atomic mass is 35.5. The third kappa shape index (κ3) is 3.87. The van der Waals surface area contributed by atoms with Crippen LogP contribution in [0.15, 0.2) is 71.8 Å². The molecule has 0 bridgehead atoms. The Hall–Kier alpha value is -3.36. The minimum absolute atomic E-state index is 0.0263. The molecule has 0 atom stereocenters. The van der Waals surface area contributed by atoms with E-state index < -0.39 is 16.1 Å². The van der Waals surface area contributed by atoms with Crippen molar-refractivity contribution in [2.75, 3.05) is 4.90 Å². The van der Waals surface area contributed by atoms with Crippen LogP contribution in [0.5, 0.6) is 0 Å². The van der Waals surface area contributed by atoms with Crippen LogP contribution in [0, 0.1) is 10.1 Å². The number of carbonyl (C=O) groups is 2. The molecule has 1 aromatic heterocycles. The summed E-state index contributed by atoms with van der Waals surface area (Å²) in [6.45, 7) is 0.258. The number of para-hydroxylation sites is 1. The van der Waals surface area contributed by atoms with Crippen molar-refractivity contribution in [1.82, 2.24) is 4.57 Å².